The highest BCUT2D eigenvalue weighted by Crippen LogP contribution is 2.41. The van der Waals surface area contributed by atoms with Crippen LogP contribution >= 0.6 is 20.9 Å². The third-order valence-electron chi connectivity index (χ3n) is 2.54. The summed E-state index contributed by atoms with van der Waals surface area (Å²) in [7, 11) is -0.944. The average molecular weight is 250 g/mol. The predicted molar refractivity (Wildman–Crippen MR) is 71.4 cm³/mol. The quantitative estimate of drug-likeness (QED) is 0.528. The van der Waals surface area contributed by atoms with Gasteiger partial charge in [0.15, 0.2) is 0 Å². The van der Waals surface area contributed by atoms with E-state index in [1.54, 1.807) is 6.92 Å². The molecule has 3 nitrogen and oxygen atoms in total. The van der Waals surface area contributed by atoms with Crippen molar-refractivity contribution in [3.63, 3.8) is 0 Å². The van der Waals surface area contributed by atoms with Crippen LogP contribution in [-0.4, -0.2) is 30.5 Å². The van der Waals surface area contributed by atoms with Crippen LogP contribution < -0.4 is 10.0 Å². The van der Waals surface area contributed by atoms with Crippen molar-refractivity contribution in [3.8, 4) is 0 Å². The molecule has 0 unspecified atom stereocenters. The highest BCUT2D eigenvalue weighted by Gasteiger charge is 2.24. The van der Waals surface area contributed by atoms with Crippen molar-refractivity contribution < 1.29 is 4.79 Å². The molecule has 1 aliphatic rings. The molecular weight excluding hydrogens is 228 g/mol. The summed E-state index contributed by atoms with van der Waals surface area (Å²) in [6.07, 6.45) is 8.81. The van der Waals surface area contributed by atoms with Gasteiger partial charge in [-0.1, -0.05) is 0 Å². The third-order valence-corrected chi connectivity index (χ3v) is 3.76. The number of rotatable bonds is 3. The molecule has 2 atom stereocenters. The van der Waals surface area contributed by atoms with Gasteiger partial charge in [-0.05, 0) is 38.2 Å². The minimum Gasteiger partial charge on any atom is -0.354 e. The highest BCUT2D eigenvalue weighted by molar-refractivity contribution is 8.86. The second-order valence-corrected chi connectivity index (χ2v) is 10.2. The van der Waals surface area contributed by atoms with E-state index in [0.29, 0.717) is 12.1 Å². The second kappa shape index (κ2) is 5.46. The SMILES string of the molecule is CC(=O)N[C@H]1CCC[C@H](NS(C)(C)S)C1. The molecule has 2 N–H and O–H groups in total. The van der Waals surface area contributed by atoms with Gasteiger partial charge in [0.2, 0.25) is 5.91 Å². The lowest BCUT2D eigenvalue weighted by molar-refractivity contribution is -0.119. The number of hydrogen-bond acceptors (Lipinski definition) is 3. The Hall–Kier alpha value is 0.130. The molecule has 0 aromatic carbocycles. The van der Waals surface area contributed by atoms with E-state index in [-0.39, 0.29) is 5.91 Å². The first-order valence-electron chi connectivity index (χ1n) is 5.37. The molecule has 90 valence electrons. The topological polar surface area (TPSA) is 41.1 Å². The number of nitrogens with one attached hydrogen (secondary N) is 2. The second-order valence-electron chi connectivity index (χ2n) is 4.65. The Bertz CT molecular complexity index is 228. The van der Waals surface area contributed by atoms with Crippen molar-refractivity contribution in [2.75, 3.05) is 12.5 Å². The summed E-state index contributed by atoms with van der Waals surface area (Å²) in [6.45, 7) is 1.59. The van der Waals surface area contributed by atoms with Crippen LogP contribution in [0.4, 0.5) is 0 Å². The molecule has 0 aliphatic heterocycles. The minimum atomic E-state index is -0.944. The van der Waals surface area contributed by atoms with Gasteiger partial charge in [-0.2, -0.15) is 0 Å². The monoisotopic (exact) mass is 250 g/mol. The molecule has 1 fully saturated rings. The summed E-state index contributed by atoms with van der Waals surface area (Å²) >= 11 is 4.55. The van der Waals surface area contributed by atoms with Crippen molar-refractivity contribution in [3.05, 3.63) is 0 Å². The Labute approximate surface area is 99.0 Å². The Morgan fingerprint density at radius 2 is 1.93 bits per heavy atom. The first kappa shape index (κ1) is 13.2. The summed E-state index contributed by atoms with van der Waals surface area (Å²) in [5.41, 5.74) is 0. The predicted octanol–water partition coefficient (Wildman–Crippen LogP) is 1.85. The largest absolute Gasteiger partial charge is 0.354 e. The maximum Gasteiger partial charge on any atom is 0.217 e. The van der Waals surface area contributed by atoms with Crippen LogP contribution in [0.2, 0.25) is 0 Å². The van der Waals surface area contributed by atoms with E-state index in [2.05, 4.69) is 34.2 Å². The maximum absolute atomic E-state index is 11.0. The fraction of sp³-hybridized carbons (Fsp3) is 0.900. The number of amides is 1. The molecule has 0 heterocycles. The molecular formula is C10H22N2OS2. The lowest BCUT2D eigenvalue weighted by Gasteiger charge is -2.36. The minimum absolute atomic E-state index is 0.0816. The smallest absolute Gasteiger partial charge is 0.217 e. The van der Waals surface area contributed by atoms with Crippen molar-refractivity contribution in [2.24, 2.45) is 0 Å². The Morgan fingerprint density at radius 3 is 2.47 bits per heavy atom. The zero-order valence-corrected chi connectivity index (χ0v) is 11.5. The summed E-state index contributed by atoms with van der Waals surface area (Å²) in [5, 5.41) is 3.00. The molecule has 5 heteroatoms. The summed E-state index contributed by atoms with van der Waals surface area (Å²) in [5.74, 6) is 0.0816. The molecule has 0 radical (unpaired) electrons. The van der Waals surface area contributed by atoms with E-state index in [1.807, 2.05) is 0 Å². The zero-order chi connectivity index (χ0) is 11.5. The molecule has 0 spiro atoms. The van der Waals surface area contributed by atoms with E-state index in [1.165, 1.54) is 12.8 Å². The van der Waals surface area contributed by atoms with Gasteiger partial charge in [-0.3, -0.25) is 9.52 Å². The van der Waals surface area contributed by atoms with Crippen LogP contribution in [0.25, 0.3) is 0 Å². The number of carbonyl (C=O) groups is 1. The van der Waals surface area contributed by atoms with E-state index in [9.17, 15) is 4.79 Å². The Kier molecular flexibility index (Phi) is 4.80. The van der Waals surface area contributed by atoms with Crippen LogP contribution in [-0.2, 0) is 4.79 Å². The van der Waals surface area contributed by atoms with Crippen molar-refractivity contribution in [1.29, 1.82) is 0 Å². The molecule has 15 heavy (non-hydrogen) atoms. The highest BCUT2D eigenvalue weighted by atomic mass is 33.1. The lowest BCUT2D eigenvalue weighted by Crippen LogP contribution is -2.43. The van der Waals surface area contributed by atoms with Crippen molar-refractivity contribution in [2.45, 2.75) is 44.7 Å². The fourth-order valence-corrected chi connectivity index (χ4v) is 3.60. The maximum atomic E-state index is 11.0. The van der Waals surface area contributed by atoms with Crippen LogP contribution in [0.1, 0.15) is 32.6 Å². The third kappa shape index (κ3) is 5.68. The van der Waals surface area contributed by atoms with E-state index < -0.39 is 9.25 Å². The van der Waals surface area contributed by atoms with Gasteiger partial charge in [0.1, 0.15) is 0 Å². The van der Waals surface area contributed by atoms with Gasteiger partial charge in [-0.25, -0.2) is 0 Å². The van der Waals surface area contributed by atoms with Crippen LogP contribution in [0.3, 0.4) is 0 Å². The van der Waals surface area contributed by atoms with Gasteiger partial charge in [0.25, 0.3) is 0 Å². The number of carbonyl (C=O) groups excluding carboxylic acids is 1. The van der Waals surface area contributed by atoms with Crippen molar-refractivity contribution in [1.82, 2.24) is 10.0 Å². The van der Waals surface area contributed by atoms with Gasteiger partial charge < -0.3 is 5.32 Å². The van der Waals surface area contributed by atoms with Crippen LogP contribution in [0, 0.1) is 0 Å². The number of thiol groups is 1. The molecule has 1 amide bonds. The standard InChI is InChI=1S/C10H22N2OS2/c1-8(13)11-9-5-4-6-10(7-9)12-15(2,3)14/h9-10,12,14H,4-7H2,1-3H3,(H,11,13)/t9-,10-/m0/s1. The number of hydrogen-bond donors (Lipinski definition) is 3. The molecule has 0 aromatic rings. The van der Waals surface area contributed by atoms with E-state index in [0.717, 1.165) is 12.8 Å². The first-order valence-corrected chi connectivity index (χ1v) is 8.87. The normalized spacial score (nSPS) is 28.5. The lowest BCUT2D eigenvalue weighted by atomic mass is 9.91. The Balaban J connectivity index is 2.38. The van der Waals surface area contributed by atoms with Gasteiger partial charge in [0, 0.05) is 19.0 Å². The molecule has 1 rings (SSSR count). The Morgan fingerprint density at radius 1 is 1.33 bits per heavy atom. The van der Waals surface area contributed by atoms with Crippen LogP contribution in [0.5, 0.6) is 0 Å². The molecule has 0 aromatic heterocycles. The van der Waals surface area contributed by atoms with Gasteiger partial charge in [-0.15, -0.1) is 20.9 Å². The fourth-order valence-electron chi connectivity index (χ4n) is 2.12. The van der Waals surface area contributed by atoms with Gasteiger partial charge in [0.05, 0.1) is 0 Å². The summed E-state index contributed by atoms with van der Waals surface area (Å²) in [4.78, 5) is 11.0. The van der Waals surface area contributed by atoms with Crippen molar-refractivity contribution >= 4 is 26.8 Å². The van der Waals surface area contributed by atoms with E-state index in [4.69, 9.17) is 0 Å². The molecule has 1 aliphatic carbocycles. The molecule has 1 saturated carbocycles. The molecule has 0 saturated heterocycles. The van der Waals surface area contributed by atoms with E-state index >= 15 is 0 Å². The van der Waals surface area contributed by atoms with Crippen LogP contribution in [0.15, 0.2) is 0 Å². The van der Waals surface area contributed by atoms with Gasteiger partial charge >= 0.3 is 0 Å². The molecule has 0 bridgehead atoms. The summed E-state index contributed by atoms with van der Waals surface area (Å²) < 4.78 is 3.56. The average Bonchev–Trinajstić information content (AvgIpc) is 1.99. The first-order chi connectivity index (χ1) is 6.87. The zero-order valence-electron chi connectivity index (χ0n) is 9.75. The summed E-state index contributed by atoms with van der Waals surface area (Å²) in [6, 6.07) is 0.863.